The first-order chi connectivity index (χ1) is 8.79. The summed E-state index contributed by atoms with van der Waals surface area (Å²) in [5, 5.41) is 0. The Hall–Kier alpha value is -0.360. The molecule has 1 atom stereocenters. The fourth-order valence-corrected chi connectivity index (χ4v) is 4.23. The van der Waals surface area contributed by atoms with Crippen molar-refractivity contribution < 1.29 is 8.42 Å². The van der Waals surface area contributed by atoms with Gasteiger partial charge in [-0.1, -0.05) is 39.7 Å². The van der Waals surface area contributed by atoms with Gasteiger partial charge in [0.25, 0.3) is 0 Å². The van der Waals surface area contributed by atoms with Gasteiger partial charge in [0.1, 0.15) is 0 Å². The highest BCUT2D eigenvalue weighted by Gasteiger charge is 2.15. The Morgan fingerprint density at radius 3 is 2.26 bits per heavy atom. The Balaban J connectivity index is 2.32. The van der Waals surface area contributed by atoms with E-state index in [0.29, 0.717) is 4.90 Å². The maximum atomic E-state index is 11.4. The number of thiophene rings is 1. The summed E-state index contributed by atoms with van der Waals surface area (Å²) in [5.41, 5.74) is 2.06. The average molecular weight is 380 g/mol. The van der Waals surface area contributed by atoms with E-state index in [9.17, 15) is 8.42 Å². The van der Waals surface area contributed by atoms with Gasteiger partial charge in [0, 0.05) is 11.1 Å². The summed E-state index contributed by atoms with van der Waals surface area (Å²) in [7, 11) is -3.15. The minimum atomic E-state index is -3.15. The second kappa shape index (κ2) is 5.56. The zero-order valence-electron chi connectivity index (χ0n) is 10.4. The molecule has 6 heteroatoms. The fraction of sp³-hybridized carbons (Fsp3) is 0.231. The number of benzene rings is 1. The van der Waals surface area contributed by atoms with Crippen LogP contribution in [0.1, 0.15) is 20.8 Å². The number of hydrogen-bond acceptors (Lipinski definition) is 3. The molecule has 1 unspecified atom stereocenters. The molecule has 19 heavy (non-hydrogen) atoms. The van der Waals surface area contributed by atoms with Gasteiger partial charge in [-0.3, -0.25) is 0 Å². The molecule has 0 aliphatic carbocycles. The molecule has 0 amide bonds. The van der Waals surface area contributed by atoms with Crippen LogP contribution in [-0.4, -0.2) is 14.7 Å². The Morgan fingerprint density at radius 1 is 1.26 bits per heavy atom. The predicted octanol–water partition coefficient (Wildman–Crippen LogP) is 4.60. The third kappa shape index (κ3) is 3.40. The first-order valence-electron chi connectivity index (χ1n) is 5.49. The summed E-state index contributed by atoms with van der Waals surface area (Å²) in [4.78, 5) is 1.46. The molecule has 1 aromatic carbocycles. The van der Waals surface area contributed by atoms with Gasteiger partial charge in [0.2, 0.25) is 0 Å². The molecule has 0 saturated heterocycles. The standard InChI is InChI=1S/C13H12BrClO2S2/c1-8-7-11(18-13(8)15)12(14)9-3-5-10(6-4-9)19(2,16)17/h3-7,12H,1-2H3. The van der Waals surface area contributed by atoms with Crippen molar-refractivity contribution in [3.05, 3.63) is 50.7 Å². The smallest absolute Gasteiger partial charge is 0.175 e. The van der Waals surface area contributed by atoms with Gasteiger partial charge in [0.05, 0.1) is 14.1 Å². The van der Waals surface area contributed by atoms with Gasteiger partial charge in [-0.25, -0.2) is 8.42 Å². The van der Waals surface area contributed by atoms with Gasteiger partial charge in [0.15, 0.2) is 9.84 Å². The van der Waals surface area contributed by atoms with E-state index in [2.05, 4.69) is 15.9 Å². The molecule has 0 spiro atoms. The molecule has 0 fully saturated rings. The number of halogens is 2. The number of sulfone groups is 1. The van der Waals surface area contributed by atoms with Crippen LogP contribution < -0.4 is 0 Å². The van der Waals surface area contributed by atoms with Crippen molar-refractivity contribution in [2.75, 3.05) is 6.26 Å². The number of alkyl halides is 1. The maximum absolute atomic E-state index is 11.4. The second-order valence-electron chi connectivity index (χ2n) is 4.31. The molecule has 0 aliphatic heterocycles. The summed E-state index contributed by atoms with van der Waals surface area (Å²) in [6.07, 6.45) is 1.20. The molecule has 0 N–H and O–H groups in total. The quantitative estimate of drug-likeness (QED) is 0.730. The highest BCUT2D eigenvalue weighted by molar-refractivity contribution is 9.09. The molecule has 102 valence electrons. The summed E-state index contributed by atoms with van der Waals surface area (Å²) in [5.74, 6) is 0. The van der Waals surface area contributed by atoms with Crippen molar-refractivity contribution >= 4 is 48.7 Å². The summed E-state index contributed by atoms with van der Waals surface area (Å²) >= 11 is 11.2. The molecule has 0 radical (unpaired) electrons. The number of aryl methyl sites for hydroxylation is 1. The van der Waals surface area contributed by atoms with Gasteiger partial charge < -0.3 is 0 Å². The lowest BCUT2D eigenvalue weighted by Crippen LogP contribution is -1.97. The van der Waals surface area contributed by atoms with Gasteiger partial charge in [-0.2, -0.15) is 0 Å². The van der Waals surface area contributed by atoms with E-state index in [0.717, 1.165) is 20.3 Å². The largest absolute Gasteiger partial charge is 0.224 e. The van der Waals surface area contributed by atoms with Crippen LogP contribution in [0.5, 0.6) is 0 Å². The van der Waals surface area contributed by atoms with Crippen molar-refractivity contribution in [2.45, 2.75) is 16.6 Å². The van der Waals surface area contributed by atoms with E-state index in [1.807, 2.05) is 25.1 Å². The van der Waals surface area contributed by atoms with E-state index in [1.165, 1.54) is 17.6 Å². The average Bonchev–Trinajstić information content (AvgIpc) is 2.68. The van der Waals surface area contributed by atoms with E-state index in [-0.39, 0.29) is 4.83 Å². The van der Waals surface area contributed by atoms with Crippen molar-refractivity contribution in [2.24, 2.45) is 0 Å². The lowest BCUT2D eigenvalue weighted by Gasteiger charge is -2.08. The third-order valence-electron chi connectivity index (χ3n) is 2.73. The van der Waals surface area contributed by atoms with E-state index >= 15 is 0 Å². The van der Waals surface area contributed by atoms with Crippen molar-refractivity contribution in [3.63, 3.8) is 0 Å². The van der Waals surface area contributed by atoms with Gasteiger partial charge >= 0.3 is 0 Å². The molecule has 0 aliphatic rings. The second-order valence-corrected chi connectivity index (χ2v) is 8.93. The van der Waals surface area contributed by atoms with Crippen molar-refractivity contribution in [3.8, 4) is 0 Å². The molecular weight excluding hydrogens is 368 g/mol. The van der Waals surface area contributed by atoms with Crippen LogP contribution in [0.4, 0.5) is 0 Å². The minimum absolute atomic E-state index is 0.0253. The molecule has 1 aromatic heterocycles. The van der Waals surface area contributed by atoms with Crippen LogP contribution >= 0.6 is 38.9 Å². The monoisotopic (exact) mass is 378 g/mol. The van der Waals surface area contributed by atoms with E-state index < -0.39 is 9.84 Å². The van der Waals surface area contributed by atoms with Crippen LogP contribution in [-0.2, 0) is 9.84 Å². The van der Waals surface area contributed by atoms with Crippen LogP contribution in [0, 0.1) is 6.92 Å². The molecule has 2 rings (SSSR count). The predicted molar refractivity (Wildman–Crippen MR) is 84.4 cm³/mol. The molecule has 1 heterocycles. The van der Waals surface area contributed by atoms with Gasteiger partial charge in [-0.15, -0.1) is 11.3 Å². The maximum Gasteiger partial charge on any atom is 0.175 e. The minimum Gasteiger partial charge on any atom is -0.224 e. The van der Waals surface area contributed by atoms with Crippen molar-refractivity contribution in [1.82, 2.24) is 0 Å². The molecule has 0 bridgehead atoms. The SMILES string of the molecule is Cc1cc(C(Br)c2ccc(S(C)(=O)=O)cc2)sc1Cl. The molecule has 2 aromatic rings. The van der Waals surface area contributed by atoms with E-state index in [1.54, 1.807) is 12.1 Å². The zero-order valence-corrected chi connectivity index (χ0v) is 14.3. The topological polar surface area (TPSA) is 34.1 Å². The van der Waals surface area contributed by atoms with Crippen LogP contribution in [0.3, 0.4) is 0 Å². The van der Waals surface area contributed by atoms with Gasteiger partial charge in [-0.05, 0) is 36.2 Å². The van der Waals surface area contributed by atoms with Crippen molar-refractivity contribution in [1.29, 1.82) is 0 Å². The highest BCUT2D eigenvalue weighted by atomic mass is 79.9. The van der Waals surface area contributed by atoms with E-state index in [4.69, 9.17) is 11.6 Å². The van der Waals surface area contributed by atoms with Crippen LogP contribution in [0.25, 0.3) is 0 Å². The number of rotatable bonds is 3. The highest BCUT2D eigenvalue weighted by Crippen LogP contribution is 2.39. The summed E-state index contributed by atoms with van der Waals surface area (Å²) < 4.78 is 23.6. The Labute approximate surface area is 130 Å². The Bertz CT molecular complexity index is 670. The fourth-order valence-electron chi connectivity index (χ4n) is 1.66. The Kier molecular flexibility index (Phi) is 4.40. The van der Waals surface area contributed by atoms with Crippen LogP contribution in [0.2, 0.25) is 4.34 Å². The van der Waals surface area contributed by atoms with Crippen LogP contribution in [0.15, 0.2) is 35.2 Å². The first kappa shape index (κ1) is 15.0. The third-order valence-corrected chi connectivity index (χ3v) is 6.80. The molecule has 0 saturated carbocycles. The summed E-state index contributed by atoms with van der Waals surface area (Å²) in [6.45, 7) is 1.97. The summed E-state index contributed by atoms with van der Waals surface area (Å²) in [6, 6.07) is 8.93. The molecule has 2 nitrogen and oxygen atoms in total. The molecular formula is C13H12BrClO2S2. The first-order valence-corrected chi connectivity index (χ1v) is 9.49. The Morgan fingerprint density at radius 2 is 1.84 bits per heavy atom. The zero-order chi connectivity index (χ0) is 14.2. The lowest BCUT2D eigenvalue weighted by atomic mass is 10.1. The number of hydrogen-bond donors (Lipinski definition) is 0. The lowest BCUT2D eigenvalue weighted by molar-refractivity contribution is 0.602. The normalized spacial score (nSPS) is 13.5.